The van der Waals surface area contributed by atoms with E-state index in [2.05, 4.69) is 93.3 Å². The third-order valence-electron chi connectivity index (χ3n) is 2.33. The highest BCUT2D eigenvalue weighted by Gasteiger charge is 2.22. The summed E-state index contributed by atoms with van der Waals surface area (Å²) in [5.41, 5.74) is 0. The number of ether oxygens (including phenoxy) is 2. The molecule has 0 aromatic heterocycles. The lowest BCUT2D eigenvalue weighted by atomic mass is 10.4. The first-order chi connectivity index (χ1) is 16.3. The summed E-state index contributed by atoms with van der Waals surface area (Å²) in [7, 11) is -4.89. The first kappa shape index (κ1) is 28.6. The molecule has 0 aliphatic rings. The Hall–Kier alpha value is -5.35. The molecule has 162 valence electrons. The second-order valence-electron chi connectivity index (χ2n) is 4.70. The molecular formula is C25H9O8P. The van der Waals surface area contributed by atoms with E-state index in [9.17, 15) is 14.2 Å². The molecule has 0 saturated carbocycles. The third kappa shape index (κ3) is 19.9. The molecular weight excluding hydrogens is 459 g/mol. The maximum Gasteiger partial charge on any atom is 0.469 e. The molecule has 0 aromatic carbocycles. The van der Waals surface area contributed by atoms with Crippen molar-refractivity contribution in [3.8, 4) is 119 Å². The molecule has 1 atom stereocenters. The lowest BCUT2D eigenvalue weighted by Crippen LogP contribution is -2.28. The fraction of sp³-hybridized carbons (Fsp3) is 0.120. The number of rotatable bonds is 6. The van der Waals surface area contributed by atoms with Crippen molar-refractivity contribution in [3.63, 3.8) is 0 Å². The van der Waals surface area contributed by atoms with Crippen molar-refractivity contribution >= 4 is 19.8 Å². The van der Waals surface area contributed by atoms with Crippen LogP contribution in [-0.2, 0) is 28.2 Å². The molecule has 0 fully saturated rings. The number of carbonyl (C=O) groups is 2. The van der Waals surface area contributed by atoms with Crippen LogP contribution >= 0.6 is 7.82 Å². The smallest absolute Gasteiger partial charge is 0.452 e. The van der Waals surface area contributed by atoms with E-state index >= 15 is 0 Å². The minimum atomic E-state index is -4.89. The Morgan fingerprint density at radius 1 is 0.676 bits per heavy atom. The van der Waals surface area contributed by atoms with Gasteiger partial charge >= 0.3 is 19.8 Å². The highest BCUT2D eigenvalue weighted by Crippen LogP contribution is 2.35. The molecule has 0 aliphatic carbocycles. The molecule has 9 heteroatoms. The molecule has 34 heavy (non-hydrogen) atoms. The summed E-state index contributed by atoms with van der Waals surface area (Å²) in [5, 5.41) is 0. The van der Waals surface area contributed by atoms with Crippen molar-refractivity contribution in [2.75, 3.05) is 13.2 Å². The number of hydrogen-bond acceptors (Lipinski definition) is 6. The van der Waals surface area contributed by atoms with E-state index in [0.29, 0.717) is 0 Å². The summed E-state index contributed by atoms with van der Waals surface area (Å²) in [6.45, 7) is -1.46. The maximum absolute atomic E-state index is 11.7. The van der Waals surface area contributed by atoms with Crippen molar-refractivity contribution in [3.05, 3.63) is 0 Å². The zero-order valence-corrected chi connectivity index (χ0v) is 17.8. The molecule has 0 aromatic rings. The van der Waals surface area contributed by atoms with E-state index in [1.165, 1.54) is 0 Å². The summed E-state index contributed by atoms with van der Waals surface area (Å²) < 4.78 is 24.6. The van der Waals surface area contributed by atoms with Crippen molar-refractivity contribution in [1.29, 1.82) is 0 Å². The molecule has 8 nitrogen and oxygen atoms in total. The fourth-order valence-electron chi connectivity index (χ4n) is 1.23. The molecule has 0 spiro atoms. The summed E-state index contributed by atoms with van der Waals surface area (Å²) in [6, 6.07) is 0. The molecule has 0 amide bonds. The van der Waals surface area contributed by atoms with Gasteiger partial charge in [-0.2, -0.15) is 0 Å². The molecule has 2 N–H and O–H groups in total. The Balaban J connectivity index is 4.96. The second-order valence-corrected chi connectivity index (χ2v) is 5.94. The van der Waals surface area contributed by atoms with Gasteiger partial charge in [0.25, 0.3) is 0 Å². The summed E-state index contributed by atoms with van der Waals surface area (Å²) >= 11 is 0. The zero-order valence-electron chi connectivity index (χ0n) is 16.9. The van der Waals surface area contributed by atoms with Crippen LogP contribution in [0.15, 0.2) is 0 Å². The van der Waals surface area contributed by atoms with Crippen LogP contribution in [0.5, 0.6) is 0 Å². The predicted octanol–water partition coefficient (Wildman–Crippen LogP) is -1.16. The fourth-order valence-corrected chi connectivity index (χ4v) is 1.59. The molecule has 0 saturated heterocycles. The van der Waals surface area contributed by atoms with Crippen LogP contribution in [0.1, 0.15) is 0 Å². The molecule has 0 heterocycles. The molecule has 0 bridgehead atoms. The van der Waals surface area contributed by atoms with E-state index in [1.807, 2.05) is 17.8 Å². The van der Waals surface area contributed by atoms with Crippen LogP contribution in [-0.4, -0.2) is 41.0 Å². The topological polar surface area (TPSA) is 119 Å². The molecule has 0 unspecified atom stereocenters. The highest BCUT2D eigenvalue weighted by molar-refractivity contribution is 7.46. The Morgan fingerprint density at radius 3 is 1.53 bits per heavy atom. The first-order valence-corrected chi connectivity index (χ1v) is 9.82. The van der Waals surface area contributed by atoms with Crippen LogP contribution in [0.4, 0.5) is 0 Å². The number of phosphoric acid groups is 1. The summed E-state index contributed by atoms with van der Waals surface area (Å²) in [4.78, 5) is 40.8. The number of carbonyl (C=O) groups excluding carboxylic acids is 2. The second kappa shape index (κ2) is 18.4. The average molecular weight is 468 g/mol. The van der Waals surface area contributed by atoms with Gasteiger partial charge in [-0.05, 0) is 94.7 Å². The van der Waals surface area contributed by atoms with Gasteiger partial charge in [0.05, 0.1) is 6.61 Å². The normalized spacial score (nSPS) is 8.12. The van der Waals surface area contributed by atoms with Crippen molar-refractivity contribution in [1.82, 2.24) is 0 Å². The number of terminal acetylenes is 2. The third-order valence-corrected chi connectivity index (χ3v) is 2.81. The van der Waals surface area contributed by atoms with Gasteiger partial charge in [-0.1, -0.05) is 0 Å². The van der Waals surface area contributed by atoms with Gasteiger partial charge < -0.3 is 19.3 Å². The number of hydrogen-bond donors (Lipinski definition) is 2. The Morgan fingerprint density at radius 2 is 1.09 bits per heavy atom. The quantitative estimate of drug-likeness (QED) is 0.217. The lowest BCUT2D eigenvalue weighted by Gasteiger charge is -2.16. The first-order valence-electron chi connectivity index (χ1n) is 8.29. The zero-order chi connectivity index (χ0) is 25.5. The molecule has 0 rings (SSSR count). The van der Waals surface area contributed by atoms with E-state index in [0.717, 1.165) is 0 Å². The summed E-state index contributed by atoms with van der Waals surface area (Å²) in [6.07, 6.45) is 8.37. The standard InChI is InChI=1S/C25H9O8P/c1-3-5-7-9-11-12-13-14-16-17-19-24(26)31-21-23(22-32-34(28,29)30)33-25(27)20-18-15-10-8-6-4-2/h1-2,23H,21-22H2,(H2,28,29,30)/t23-/m1/s1. The van der Waals surface area contributed by atoms with Gasteiger partial charge in [-0.25, -0.2) is 14.2 Å². The monoisotopic (exact) mass is 468 g/mol. The van der Waals surface area contributed by atoms with Gasteiger partial charge in [-0.15, -0.1) is 12.8 Å². The van der Waals surface area contributed by atoms with E-state index in [-0.39, 0.29) is 0 Å². The Kier molecular flexibility index (Phi) is 15.5. The van der Waals surface area contributed by atoms with Crippen molar-refractivity contribution < 1.29 is 37.9 Å². The highest BCUT2D eigenvalue weighted by atomic mass is 31.2. The van der Waals surface area contributed by atoms with Crippen LogP contribution in [0, 0.1) is 119 Å². The Labute approximate surface area is 196 Å². The van der Waals surface area contributed by atoms with Gasteiger partial charge in [0.1, 0.15) is 6.61 Å². The average Bonchev–Trinajstić information content (AvgIpc) is 2.78. The SMILES string of the molecule is C#CC#CC#CC#CC#CC#CC(=O)OC[C@H](COP(=O)(O)O)OC(=O)C#CC#CC#CC#C. The predicted molar refractivity (Wildman–Crippen MR) is 119 cm³/mol. The molecule has 0 radical (unpaired) electrons. The lowest BCUT2D eigenvalue weighted by molar-refractivity contribution is -0.153. The minimum absolute atomic E-state index is 0.651. The Bertz CT molecular complexity index is 1440. The van der Waals surface area contributed by atoms with Gasteiger partial charge in [0.2, 0.25) is 0 Å². The van der Waals surface area contributed by atoms with Gasteiger partial charge in [-0.3, -0.25) is 4.52 Å². The van der Waals surface area contributed by atoms with Crippen LogP contribution in [0.2, 0.25) is 0 Å². The minimum Gasteiger partial charge on any atom is -0.452 e. The van der Waals surface area contributed by atoms with Crippen LogP contribution < -0.4 is 0 Å². The molecule has 0 aliphatic heterocycles. The summed E-state index contributed by atoms with van der Waals surface area (Å²) in [5.74, 6) is 37.5. The number of phosphoric ester groups is 1. The van der Waals surface area contributed by atoms with E-state index in [1.54, 1.807) is 0 Å². The van der Waals surface area contributed by atoms with Crippen molar-refractivity contribution in [2.24, 2.45) is 0 Å². The largest absolute Gasteiger partial charge is 0.469 e. The maximum atomic E-state index is 11.7. The van der Waals surface area contributed by atoms with E-state index < -0.39 is 39.1 Å². The van der Waals surface area contributed by atoms with Crippen LogP contribution in [0.3, 0.4) is 0 Å². The van der Waals surface area contributed by atoms with Gasteiger partial charge in [0, 0.05) is 11.8 Å². The van der Waals surface area contributed by atoms with Crippen LogP contribution in [0.25, 0.3) is 0 Å². The van der Waals surface area contributed by atoms with E-state index in [4.69, 9.17) is 32.1 Å². The number of esters is 2. The van der Waals surface area contributed by atoms with Gasteiger partial charge in [0.15, 0.2) is 6.10 Å². The van der Waals surface area contributed by atoms with Crippen molar-refractivity contribution in [2.45, 2.75) is 6.10 Å².